The molecule has 2 fully saturated rings. The van der Waals surface area contributed by atoms with E-state index >= 15 is 0 Å². The molecule has 5 nitrogen and oxygen atoms in total. The van der Waals surface area contributed by atoms with Gasteiger partial charge in [-0.15, -0.1) is 0 Å². The molecule has 3 heterocycles. The van der Waals surface area contributed by atoms with Crippen molar-refractivity contribution in [2.45, 2.75) is 18.6 Å². The van der Waals surface area contributed by atoms with Gasteiger partial charge in [-0.3, -0.25) is 9.80 Å². The van der Waals surface area contributed by atoms with Crippen molar-refractivity contribution in [1.29, 1.82) is 0 Å². The number of morpholine rings is 1. The molecule has 0 aromatic heterocycles. The van der Waals surface area contributed by atoms with E-state index in [9.17, 15) is 5.11 Å². The number of β-amino-alcohol motifs (C(OH)–C–C–N with tert-alkyl or cyclic N) is 1. The minimum Gasteiger partial charge on any atom is -0.390 e. The van der Waals surface area contributed by atoms with E-state index in [4.69, 9.17) is 4.74 Å². The number of aliphatic hydroxyl groups is 1. The van der Waals surface area contributed by atoms with Gasteiger partial charge in [0.15, 0.2) is 0 Å². The van der Waals surface area contributed by atoms with Crippen LogP contribution in [0, 0.1) is 0 Å². The van der Waals surface area contributed by atoms with Crippen molar-refractivity contribution in [3.63, 3.8) is 0 Å². The Kier molecular flexibility index (Phi) is 5.55. The molecule has 2 saturated heterocycles. The van der Waals surface area contributed by atoms with Crippen molar-refractivity contribution < 1.29 is 9.84 Å². The summed E-state index contributed by atoms with van der Waals surface area (Å²) in [6, 6.07) is 18.1. The summed E-state index contributed by atoms with van der Waals surface area (Å²) in [4.78, 5) is 7.37. The summed E-state index contributed by atoms with van der Waals surface area (Å²) in [6.07, 6.45) is 0.687. The van der Waals surface area contributed by atoms with Crippen LogP contribution in [0.15, 0.2) is 48.5 Å². The molecule has 0 bridgehead atoms. The second-order valence-electron chi connectivity index (χ2n) is 8.54. The Balaban J connectivity index is 1.33. The molecule has 0 saturated carbocycles. The predicted octanol–water partition coefficient (Wildman–Crippen LogP) is 2.15. The van der Waals surface area contributed by atoms with Gasteiger partial charge in [0.25, 0.3) is 0 Å². The van der Waals surface area contributed by atoms with E-state index in [1.165, 1.54) is 22.4 Å². The van der Waals surface area contributed by atoms with E-state index in [1.54, 1.807) is 0 Å². The maximum Gasteiger partial charge on any atom is 0.0793 e. The van der Waals surface area contributed by atoms with E-state index in [-0.39, 0.29) is 6.10 Å². The van der Waals surface area contributed by atoms with Crippen LogP contribution < -0.4 is 4.90 Å². The molecule has 5 heteroatoms. The molecule has 0 aliphatic carbocycles. The van der Waals surface area contributed by atoms with Crippen molar-refractivity contribution in [2.24, 2.45) is 0 Å². The van der Waals surface area contributed by atoms with Gasteiger partial charge in [0.05, 0.1) is 25.4 Å². The van der Waals surface area contributed by atoms with Gasteiger partial charge >= 0.3 is 0 Å². The lowest BCUT2D eigenvalue weighted by molar-refractivity contribution is 0.00550. The summed E-state index contributed by atoms with van der Waals surface area (Å²) in [5.41, 5.74) is 5.67. The average molecular weight is 394 g/mol. The van der Waals surface area contributed by atoms with Crippen molar-refractivity contribution in [3.05, 3.63) is 65.2 Å². The van der Waals surface area contributed by atoms with Crippen molar-refractivity contribution >= 4 is 5.69 Å². The van der Waals surface area contributed by atoms with E-state index in [0.29, 0.717) is 6.04 Å². The number of hydrogen-bond acceptors (Lipinski definition) is 5. The molecular formula is C24H31N3O2. The fourth-order valence-corrected chi connectivity index (χ4v) is 5.16. The van der Waals surface area contributed by atoms with Crippen LogP contribution in [-0.2, 0) is 11.2 Å². The number of para-hydroxylation sites is 1. The standard InChI is InChI=1S/C24H31N3O2/c28-21(16-25-11-13-29-14-12-25)17-26-9-10-27-23-8-4-2-6-20(23)15-19-5-1-3-7-22(19)24(27)18-26/h1-8,21,24,28H,9-18H2. The zero-order valence-corrected chi connectivity index (χ0v) is 17.0. The van der Waals surface area contributed by atoms with E-state index in [0.717, 1.165) is 65.4 Å². The normalized spacial score (nSPS) is 23.6. The number of nitrogens with zero attached hydrogens (tertiary/aromatic N) is 3. The minimum absolute atomic E-state index is 0.312. The highest BCUT2D eigenvalue weighted by molar-refractivity contribution is 5.60. The molecule has 2 aromatic carbocycles. The number of ether oxygens (including phenoxy) is 1. The average Bonchev–Trinajstić information content (AvgIpc) is 2.89. The highest BCUT2D eigenvalue weighted by atomic mass is 16.5. The monoisotopic (exact) mass is 393 g/mol. The minimum atomic E-state index is -0.312. The lowest BCUT2D eigenvalue weighted by atomic mass is 9.96. The zero-order chi connectivity index (χ0) is 19.6. The maximum absolute atomic E-state index is 10.7. The molecular weight excluding hydrogens is 362 g/mol. The van der Waals surface area contributed by atoms with Crippen molar-refractivity contribution in [3.8, 4) is 0 Å². The topological polar surface area (TPSA) is 39.2 Å². The first-order valence-electron chi connectivity index (χ1n) is 10.9. The van der Waals surface area contributed by atoms with Gasteiger partial charge in [-0.05, 0) is 29.2 Å². The van der Waals surface area contributed by atoms with Gasteiger partial charge in [0.1, 0.15) is 0 Å². The molecule has 154 valence electrons. The molecule has 0 radical (unpaired) electrons. The molecule has 2 aromatic rings. The van der Waals surface area contributed by atoms with Crippen LogP contribution in [0.1, 0.15) is 22.7 Å². The highest BCUT2D eigenvalue weighted by Crippen LogP contribution is 2.39. The van der Waals surface area contributed by atoms with Gasteiger partial charge in [0, 0.05) is 51.5 Å². The second-order valence-corrected chi connectivity index (χ2v) is 8.54. The van der Waals surface area contributed by atoms with Gasteiger partial charge in [-0.1, -0.05) is 42.5 Å². The van der Waals surface area contributed by atoms with Gasteiger partial charge < -0.3 is 14.7 Å². The maximum atomic E-state index is 10.7. The fourth-order valence-electron chi connectivity index (χ4n) is 5.16. The number of rotatable bonds is 4. The van der Waals surface area contributed by atoms with Crippen molar-refractivity contribution in [2.75, 3.05) is 63.9 Å². The quantitative estimate of drug-likeness (QED) is 0.862. The number of aliphatic hydroxyl groups excluding tert-OH is 1. The molecule has 29 heavy (non-hydrogen) atoms. The molecule has 2 atom stereocenters. The van der Waals surface area contributed by atoms with Gasteiger partial charge in [-0.2, -0.15) is 0 Å². The Labute approximate surface area is 173 Å². The lowest BCUT2D eigenvalue weighted by Crippen LogP contribution is -2.52. The first kappa shape index (κ1) is 19.1. The first-order valence-corrected chi connectivity index (χ1v) is 10.9. The summed E-state index contributed by atoms with van der Waals surface area (Å²) < 4.78 is 5.43. The molecule has 2 unspecified atom stereocenters. The molecule has 0 spiro atoms. The Morgan fingerprint density at radius 2 is 1.59 bits per heavy atom. The van der Waals surface area contributed by atoms with E-state index in [2.05, 4.69) is 63.2 Å². The van der Waals surface area contributed by atoms with Gasteiger partial charge in [0.2, 0.25) is 0 Å². The molecule has 3 aliphatic heterocycles. The number of hydrogen-bond donors (Lipinski definition) is 1. The number of benzene rings is 2. The SMILES string of the molecule is OC(CN1CCOCC1)CN1CCN2c3ccccc3Cc3ccccc3C2C1. The van der Waals surface area contributed by atoms with Crippen LogP contribution >= 0.6 is 0 Å². The zero-order valence-electron chi connectivity index (χ0n) is 17.0. The third-order valence-corrected chi connectivity index (χ3v) is 6.60. The van der Waals surface area contributed by atoms with Crippen LogP contribution in [-0.4, -0.2) is 80.0 Å². The first-order chi connectivity index (χ1) is 14.3. The van der Waals surface area contributed by atoms with Crippen LogP contribution in [0.25, 0.3) is 0 Å². The smallest absolute Gasteiger partial charge is 0.0793 e. The third kappa shape index (κ3) is 4.05. The van der Waals surface area contributed by atoms with E-state index in [1.807, 2.05) is 0 Å². The summed E-state index contributed by atoms with van der Waals surface area (Å²) in [6.45, 7) is 7.86. The van der Waals surface area contributed by atoms with Crippen LogP contribution in [0.5, 0.6) is 0 Å². The van der Waals surface area contributed by atoms with Crippen LogP contribution in [0.3, 0.4) is 0 Å². The molecule has 3 aliphatic rings. The summed E-state index contributed by atoms with van der Waals surface area (Å²) in [5.74, 6) is 0. The van der Waals surface area contributed by atoms with Crippen LogP contribution in [0.4, 0.5) is 5.69 Å². The third-order valence-electron chi connectivity index (χ3n) is 6.60. The van der Waals surface area contributed by atoms with Crippen LogP contribution in [0.2, 0.25) is 0 Å². The van der Waals surface area contributed by atoms with Gasteiger partial charge in [-0.25, -0.2) is 0 Å². The number of fused-ring (bicyclic) bond motifs is 5. The summed E-state index contributed by atoms with van der Waals surface area (Å²) >= 11 is 0. The Bertz CT molecular complexity index is 836. The predicted molar refractivity (Wildman–Crippen MR) is 115 cm³/mol. The Hall–Kier alpha value is -1.92. The summed E-state index contributed by atoms with van der Waals surface area (Å²) in [5, 5.41) is 10.7. The molecule has 0 amide bonds. The van der Waals surface area contributed by atoms with E-state index < -0.39 is 0 Å². The fraction of sp³-hybridized carbons (Fsp3) is 0.500. The molecule has 5 rings (SSSR count). The highest BCUT2D eigenvalue weighted by Gasteiger charge is 2.33. The number of anilines is 1. The second kappa shape index (κ2) is 8.44. The Morgan fingerprint density at radius 1 is 0.862 bits per heavy atom. The Morgan fingerprint density at radius 3 is 2.45 bits per heavy atom. The van der Waals surface area contributed by atoms with Crippen molar-refractivity contribution in [1.82, 2.24) is 9.80 Å². The molecule has 1 N–H and O–H groups in total. The number of piperazine rings is 1. The lowest BCUT2D eigenvalue weighted by Gasteiger charge is -2.44. The summed E-state index contributed by atoms with van der Waals surface area (Å²) in [7, 11) is 0. The largest absolute Gasteiger partial charge is 0.390 e.